The molecule has 45 heavy (non-hydrogen) atoms. The Labute approximate surface area is 281 Å². The highest BCUT2D eigenvalue weighted by molar-refractivity contribution is 8.02. The number of thioether (sulfide) groups is 4. The Morgan fingerprint density at radius 2 is 0.756 bits per heavy atom. The number of esters is 1. The zero-order valence-electron chi connectivity index (χ0n) is 24.7. The van der Waals surface area contributed by atoms with Gasteiger partial charge in [-0.15, -0.1) is 47.0 Å². The van der Waals surface area contributed by atoms with E-state index in [-0.39, 0.29) is 5.56 Å². The summed E-state index contributed by atoms with van der Waals surface area (Å²) in [5, 5.41) is 10.9. The molecular formula is C37H32O4S4. The van der Waals surface area contributed by atoms with Gasteiger partial charge < -0.3 is 9.84 Å². The Bertz CT molecular complexity index is 1600. The number of methoxy groups -OCH3 is 1. The predicted molar refractivity (Wildman–Crippen MR) is 189 cm³/mol. The SMILES string of the molecule is COC(=O)c1c(SCc2ccccc2)c(SCc2ccccc2)c(C(=O)O)c(SCc2ccccc2)c1SCc1ccccc1. The molecule has 0 aliphatic rings. The average molecular weight is 669 g/mol. The molecule has 0 saturated heterocycles. The molecule has 0 atom stereocenters. The van der Waals surface area contributed by atoms with E-state index in [0.717, 1.165) is 22.3 Å². The molecule has 1 N–H and O–H groups in total. The van der Waals surface area contributed by atoms with Gasteiger partial charge in [0.1, 0.15) is 0 Å². The van der Waals surface area contributed by atoms with Crippen LogP contribution in [0.5, 0.6) is 0 Å². The minimum absolute atomic E-state index is 0.232. The van der Waals surface area contributed by atoms with Crippen molar-refractivity contribution >= 4 is 59.0 Å². The molecule has 5 aromatic carbocycles. The third-order valence-corrected chi connectivity index (χ3v) is 11.8. The van der Waals surface area contributed by atoms with Gasteiger partial charge in [-0.25, -0.2) is 9.59 Å². The van der Waals surface area contributed by atoms with Crippen molar-refractivity contribution in [3.8, 4) is 0 Å². The smallest absolute Gasteiger partial charge is 0.340 e. The van der Waals surface area contributed by atoms with E-state index in [2.05, 4.69) is 0 Å². The van der Waals surface area contributed by atoms with Crippen molar-refractivity contribution in [2.45, 2.75) is 42.6 Å². The fourth-order valence-electron chi connectivity index (χ4n) is 4.61. The number of aromatic carboxylic acids is 1. The van der Waals surface area contributed by atoms with Gasteiger partial charge in [0, 0.05) is 42.6 Å². The van der Waals surface area contributed by atoms with Crippen LogP contribution in [0.25, 0.3) is 0 Å². The lowest BCUT2D eigenvalue weighted by atomic mass is 10.1. The van der Waals surface area contributed by atoms with E-state index in [1.807, 2.05) is 121 Å². The maximum Gasteiger partial charge on any atom is 0.340 e. The number of carbonyl (C=O) groups is 2. The molecular weight excluding hydrogens is 637 g/mol. The zero-order valence-corrected chi connectivity index (χ0v) is 27.9. The molecule has 0 heterocycles. The summed E-state index contributed by atoms with van der Waals surface area (Å²) in [6.07, 6.45) is 0. The van der Waals surface area contributed by atoms with Crippen molar-refractivity contribution in [2.75, 3.05) is 7.11 Å². The van der Waals surface area contributed by atoms with Gasteiger partial charge in [-0.2, -0.15) is 0 Å². The van der Waals surface area contributed by atoms with Crippen molar-refractivity contribution < 1.29 is 19.4 Å². The number of benzene rings is 5. The molecule has 0 amide bonds. The van der Waals surface area contributed by atoms with Crippen LogP contribution in [0.1, 0.15) is 43.0 Å². The second-order valence-electron chi connectivity index (χ2n) is 9.96. The van der Waals surface area contributed by atoms with E-state index in [1.165, 1.54) is 54.2 Å². The van der Waals surface area contributed by atoms with Gasteiger partial charge in [-0.05, 0) is 22.3 Å². The second-order valence-corrected chi connectivity index (χ2v) is 13.9. The molecule has 0 aliphatic carbocycles. The molecule has 0 unspecified atom stereocenters. The van der Waals surface area contributed by atoms with Gasteiger partial charge in [0.15, 0.2) is 0 Å². The monoisotopic (exact) mass is 668 g/mol. The fourth-order valence-corrected chi connectivity index (χ4v) is 9.72. The van der Waals surface area contributed by atoms with Gasteiger partial charge in [0.25, 0.3) is 0 Å². The van der Waals surface area contributed by atoms with Crippen LogP contribution in [0.3, 0.4) is 0 Å². The standard InChI is InChI=1S/C37H32O4S4/c1-41-37(40)31-34(44-24-28-18-10-4-11-19-28)32(42-22-26-14-6-2-7-15-26)30(36(38)39)33(43-23-27-16-8-3-9-17-27)35(31)45-25-29-20-12-5-13-21-29/h2-21H,22-25H2,1H3,(H,38,39). The summed E-state index contributed by atoms with van der Waals surface area (Å²) in [5.41, 5.74) is 4.95. The number of carboxylic acids is 1. The molecule has 5 aromatic rings. The number of carboxylic acid groups (broad SMARTS) is 1. The average Bonchev–Trinajstić information content (AvgIpc) is 3.09. The van der Waals surface area contributed by atoms with Crippen LogP contribution in [0, 0.1) is 0 Å². The minimum atomic E-state index is -1.01. The maximum atomic E-state index is 13.8. The lowest BCUT2D eigenvalue weighted by molar-refractivity contribution is 0.0587. The highest BCUT2D eigenvalue weighted by Gasteiger charge is 2.32. The van der Waals surface area contributed by atoms with Crippen molar-refractivity contribution in [1.29, 1.82) is 0 Å². The first-order chi connectivity index (χ1) is 22.0. The Balaban J connectivity index is 1.71. The van der Waals surface area contributed by atoms with Gasteiger partial charge in [0.05, 0.1) is 18.2 Å². The number of carbonyl (C=O) groups excluding carboxylic acids is 1. The summed E-state index contributed by atoms with van der Waals surface area (Å²) in [5.74, 6) is 0.770. The van der Waals surface area contributed by atoms with Crippen LogP contribution < -0.4 is 0 Å². The summed E-state index contributed by atoms with van der Waals surface area (Å²) in [7, 11) is 1.39. The quantitative estimate of drug-likeness (QED) is 0.0927. The van der Waals surface area contributed by atoms with Crippen molar-refractivity contribution in [3.05, 3.63) is 155 Å². The molecule has 0 radical (unpaired) electrons. The molecule has 0 spiro atoms. The number of hydrogen-bond donors (Lipinski definition) is 1. The highest BCUT2D eigenvalue weighted by atomic mass is 32.2. The number of ether oxygens (including phenoxy) is 1. The lowest BCUT2D eigenvalue weighted by Crippen LogP contribution is -2.13. The Hall–Kier alpha value is -3.56. The van der Waals surface area contributed by atoms with Crippen molar-refractivity contribution in [1.82, 2.24) is 0 Å². The number of rotatable bonds is 14. The molecule has 8 heteroatoms. The van der Waals surface area contributed by atoms with Crippen LogP contribution in [0.15, 0.2) is 141 Å². The number of hydrogen-bond acceptors (Lipinski definition) is 7. The van der Waals surface area contributed by atoms with Gasteiger partial charge in [-0.3, -0.25) is 0 Å². The minimum Gasteiger partial charge on any atom is -0.478 e. The molecule has 0 bridgehead atoms. The van der Waals surface area contributed by atoms with Crippen LogP contribution in [0.4, 0.5) is 0 Å². The molecule has 228 valence electrons. The summed E-state index contributed by atoms with van der Waals surface area (Å²) in [6, 6.07) is 39.9. The van der Waals surface area contributed by atoms with Crippen LogP contribution in [-0.2, 0) is 27.7 Å². The molecule has 0 aliphatic heterocycles. The van der Waals surface area contributed by atoms with Gasteiger partial charge in [-0.1, -0.05) is 121 Å². The van der Waals surface area contributed by atoms with E-state index in [0.29, 0.717) is 48.2 Å². The second kappa shape index (κ2) is 16.7. The molecule has 0 aromatic heterocycles. The molecule has 0 saturated carbocycles. The van der Waals surface area contributed by atoms with E-state index in [1.54, 1.807) is 0 Å². The summed E-state index contributed by atoms with van der Waals surface area (Å²) in [4.78, 5) is 29.6. The first-order valence-corrected chi connectivity index (χ1v) is 18.2. The summed E-state index contributed by atoms with van der Waals surface area (Å²) in [6.45, 7) is 0. The highest BCUT2D eigenvalue weighted by Crippen LogP contribution is 2.50. The largest absolute Gasteiger partial charge is 0.478 e. The van der Waals surface area contributed by atoms with E-state index in [9.17, 15) is 14.7 Å². The maximum absolute atomic E-state index is 13.8. The van der Waals surface area contributed by atoms with Crippen molar-refractivity contribution in [3.63, 3.8) is 0 Å². The van der Waals surface area contributed by atoms with Crippen LogP contribution >= 0.6 is 47.0 Å². The van der Waals surface area contributed by atoms with Crippen molar-refractivity contribution in [2.24, 2.45) is 0 Å². The summed E-state index contributed by atoms with van der Waals surface area (Å²) >= 11 is 5.90. The topological polar surface area (TPSA) is 63.6 Å². The van der Waals surface area contributed by atoms with Gasteiger partial charge in [0.2, 0.25) is 0 Å². The Kier molecular flexibility index (Phi) is 12.2. The Morgan fingerprint density at radius 3 is 1.00 bits per heavy atom. The molecule has 0 fully saturated rings. The third-order valence-electron chi connectivity index (χ3n) is 6.83. The van der Waals surface area contributed by atoms with E-state index in [4.69, 9.17) is 4.74 Å². The fraction of sp³-hybridized carbons (Fsp3) is 0.135. The first-order valence-electron chi connectivity index (χ1n) is 14.3. The van der Waals surface area contributed by atoms with Crippen LogP contribution in [-0.4, -0.2) is 24.2 Å². The van der Waals surface area contributed by atoms with E-state index < -0.39 is 11.9 Å². The first kappa shape index (κ1) is 32.8. The summed E-state index contributed by atoms with van der Waals surface area (Å²) < 4.78 is 5.43. The normalized spacial score (nSPS) is 10.9. The van der Waals surface area contributed by atoms with E-state index >= 15 is 0 Å². The third kappa shape index (κ3) is 8.79. The molecule has 4 nitrogen and oxygen atoms in total. The van der Waals surface area contributed by atoms with Gasteiger partial charge >= 0.3 is 11.9 Å². The predicted octanol–water partition coefficient (Wildman–Crippen LogP) is 10.3. The zero-order chi connectivity index (χ0) is 31.4. The Morgan fingerprint density at radius 1 is 0.489 bits per heavy atom. The molecule has 5 rings (SSSR count). The van der Waals surface area contributed by atoms with Crippen LogP contribution in [0.2, 0.25) is 0 Å². The lowest BCUT2D eigenvalue weighted by Gasteiger charge is -2.23.